The third-order valence-electron chi connectivity index (χ3n) is 5.75. The van der Waals surface area contributed by atoms with Gasteiger partial charge in [-0.2, -0.15) is 0 Å². The van der Waals surface area contributed by atoms with E-state index in [1.165, 1.54) is 25.7 Å². The molecule has 128 valence electrons. The van der Waals surface area contributed by atoms with E-state index in [2.05, 4.69) is 7.05 Å². The SMILES string of the molecule is C[N+]1(C[C@H](O)COCCO[C@H]2C[C@@H]3CC[C@@H]2C3)CCOCC1. The predicted molar refractivity (Wildman–Crippen MR) is 83.6 cm³/mol. The zero-order valence-electron chi connectivity index (χ0n) is 13.9. The minimum absolute atomic E-state index is 0.398. The minimum atomic E-state index is -0.398. The van der Waals surface area contributed by atoms with Crippen molar-refractivity contribution >= 4 is 0 Å². The molecule has 0 aromatic rings. The van der Waals surface area contributed by atoms with Crippen molar-refractivity contribution in [1.82, 2.24) is 0 Å². The monoisotopic (exact) mass is 314 g/mol. The van der Waals surface area contributed by atoms with Crippen LogP contribution in [0.5, 0.6) is 0 Å². The maximum Gasteiger partial charge on any atom is 0.126 e. The molecular weight excluding hydrogens is 282 g/mol. The first-order valence-corrected chi connectivity index (χ1v) is 8.93. The maximum absolute atomic E-state index is 10.1. The second-order valence-electron chi connectivity index (χ2n) is 7.67. The van der Waals surface area contributed by atoms with Crippen LogP contribution in [0.2, 0.25) is 0 Å². The van der Waals surface area contributed by atoms with Crippen molar-refractivity contribution in [3.63, 3.8) is 0 Å². The lowest BCUT2D eigenvalue weighted by atomic mass is 9.98. The van der Waals surface area contributed by atoms with E-state index in [1.54, 1.807) is 0 Å². The first-order chi connectivity index (χ1) is 10.6. The van der Waals surface area contributed by atoms with Crippen molar-refractivity contribution in [2.24, 2.45) is 11.8 Å². The van der Waals surface area contributed by atoms with Gasteiger partial charge in [-0.1, -0.05) is 0 Å². The molecule has 0 amide bonds. The fraction of sp³-hybridized carbons (Fsp3) is 1.00. The van der Waals surface area contributed by atoms with Gasteiger partial charge in [0.1, 0.15) is 25.7 Å². The number of hydrogen-bond donors (Lipinski definition) is 1. The Morgan fingerprint density at radius 2 is 2.00 bits per heavy atom. The van der Waals surface area contributed by atoms with Gasteiger partial charge in [0.25, 0.3) is 0 Å². The summed E-state index contributed by atoms with van der Waals surface area (Å²) in [6, 6.07) is 0. The van der Waals surface area contributed by atoms with Gasteiger partial charge in [0, 0.05) is 0 Å². The molecule has 0 unspecified atom stereocenters. The second-order valence-corrected chi connectivity index (χ2v) is 7.67. The predicted octanol–water partition coefficient (Wildman–Crippen LogP) is 1.05. The first-order valence-electron chi connectivity index (χ1n) is 8.93. The normalized spacial score (nSPS) is 34.9. The largest absolute Gasteiger partial charge is 0.385 e. The Morgan fingerprint density at radius 3 is 2.68 bits per heavy atom. The average Bonchev–Trinajstić information content (AvgIpc) is 3.09. The summed E-state index contributed by atoms with van der Waals surface area (Å²) in [4.78, 5) is 0. The van der Waals surface area contributed by atoms with Crippen LogP contribution < -0.4 is 0 Å². The van der Waals surface area contributed by atoms with Crippen LogP contribution in [0.3, 0.4) is 0 Å². The van der Waals surface area contributed by atoms with Crippen LogP contribution in [0.25, 0.3) is 0 Å². The average molecular weight is 314 g/mol. The molecule has 3 fully saturated rings. The van der Waals surface area contributed by atoms with Gasteiger partial charge < -0.3 is 23.8 Å². The number of hydrogen-bond acceptors (Lipinski definition) is 4. The summed E-state index contributed by atoms with van der Waals surface area (Å²) in [5.41, 5.74) is 0. The molecule has 1 saturated heterocycles. The Kier molecular flexibility index (Phi) is 5.74. The molecule has 4 atom stereocenters. The number of rotatable bonds is 8. The molecule has 22 heavy (non-hydrogen) atoms. The second kappa shape index (κ2) is 7.58. The molecule has 5 nitrogen and oxygen atoms in total. The van der Waals surface area contributed by atoms with Crippen LogP contribution in [0, 0.1) is 11.8 Å². The minimum Gasteiger partial charge on any atom is -0.385 e. The zero-order chi connectivity index (χ0) is 15.4. The molecule has 1 heterocycles. The van der Waals surface area contributed by atoms with Gasteiger partial charge in [-0.15, -0.1) is 0 Å². The molecule has 0 aromatic heterocycles. The quantitative estimate of drug-likeness (QED) is 0.537. The number of aliphatic hydroxyl groups excluding tert-OH is 1. The van der Waals surface area contributed by atoms with Crippen LogP contribution in [0.4, 0.5) is 0 Å². The maximum atomic E-state index is 10.1. The first kappa shape index (κ1) is 16.7. The standard InChI is InChI=1S/C17H32NO4/c1-18(4-6-20-7-5-18)12-16(19)13-21-8-9-22-17-11-14-2-3-15(17)10-14/h14-17,19H,2-13H2,1H3/q+1/t14-,15-,16+,17+/m1/s1. The van der Waals surface area contributed by atoms with Gasteiger partial charge in [-0.05, 0) is 37.5 Å². The van der Waals surface area contributed by atoms with Gasteiger partial charge in [0.2, 0.25) is 0 Å². The Morgan fingerprint density at radius 1 is 1.18 bits per heavy atom. The van der Waals surface area contributed by atoms with Crippen molar-refractivity contribution < 1.29 is 23.8 Å². The lowest BCUT2D eigenvalue weighted by Crippen LogP contribution is -2.55. The smallest absolute Gasteiger partial charge is 0.126 e. The summed E-state index contributed by atoms with van der Waals surface area (Å²) in [5.74, 6) is 1.73. The number of fused-ring (bicyclic) bond motifs is 2. The van der Waals surface area contributed by atoms with E-state index in [1.807, 2.05) is 0 Å². The van der Waals surface area contributed by atoms with Crippen LogP contribution in [0.15, 0.2) is 0 Å². The molecule has 2 bridgehead atoms. The lowest BCUT2D eigenvalue weighted by Gasteiger charge is -2.38. The van der Waals surface area contributed by atoms with Crippen molar-refractivity contribution in [1.29, 1.82) is 0 Å². The van der Waals surface area contributed by atoms with E-state index >= 15 is 0 Å². The van der Waals surface area contributed by atoms with E-state index in [0.29, 0.717) is 25.9 Å². The molecule has 1 N–H and O–H groups in total. The van der Waals surface area contributed by atoms with Crippen molar-refractivity contribution in [3.05, 3.63) is 0 Å². The highest BCUT2D eigenvalue weighted by molar-refractivity contribution is 4.90. The van der Waals surface area contributed by atoms with Crippen LogP contribution in [-0.4, -0.2) is 81.5 Å². The molecule has 1 aliphatic heterocycles. The summed E-state index contributed by atoms with van der Waals surface area (Å²) < 4.78 is 17.8. The Labute approximate surface area is 134 Å². The molecular formula is C17H32NO4+. The van der Waals surface area contributed by atoms with E-state index in [9.17, 15) is 5.11 Å². The fourth-order valence-electron chi connectivity index (χ4n) is 4.40. The summed E-state index contributed by atoms with van der Waals surface area (Å²) in [6.45, 7) is 5.96. The van der Waals surface area contributed by atoms with Crippen LogP contribution in [-0.2, 0) is 14.2 Å². The molecule has 2 saturated carbocycles. The third kappa shape index (κ3) is 4.42. The Hall–Kier alpha value is -0.200. The van der Waals surface area contributed by atoms with Crippen molar-refractivity contribution in [2.45, 2.75) is 37.9 Å². The zero-order valence-corrected chi connectivity index (χ0v) is 13.9. The number of morpholine rings is 1. The van der Waals surface area contributed by atoms with Crippen LogP contribution in [0.1, 0.15) is 25.7 Å². The van der Waals surface area contributed by atoms with E-state index < -0.39 is 6.10 Å². The molecule has 0 spiro atoms. The molecule has 0 aromatic carbocycles. The molecule has 2 aliphatic carbocycles. The molecule has 3 rings (SSSR count). The van der Waals surface area contributed by atoms with Gasteiger partial charge in [-0.3, -0.25) is 0 Å². The third-order valence-corrected chi connectivity index (χ3v) is 5.75. The number of aliphatic hydroxyl groups is 1. The topological polar surface area (TPSA) is 47.9 Å². The highest BCUT2D eigenvalue weighted by Gasteiger charge is 2.40. The Bertz CT molecular complexity index is 346. The van der Waals surface area contributed by atoms with Crippen molar-refractivity contribution in [3.8, 4) is 0 Å². The van der Waals surface area contributed by atoms with Gasteiger partial charge >= 0.3 is 0 Å². The highest BCUT2D eigenvalue weighted by atomic mass is 16.5. The molecule has 0 radical (unpaired) electrons. The summed E-state index contributed by atoms with van der Waals surface area (Å²) in [5, 5.41) is 10.1. The number of quaternary nitrogens is 1. The van der Waals surface area contributed by atoms with Gasteiger partial charge in [0.05, 0.1) is 46.2 Å². The summed E-state index contributed by atoms with van der Waals surface area (Å²) in [6.07, 6.45) is 5.48. The van der Waals surface area contributed by atoms with Crippen LogP contribution >= 0.6 is 0 Å². The van der Waals surface area contributed by atoms with Crippen molar-refractivity contribution in [2.75, 3.05) is 59.7 Å². The Balaban J connectivity index is 1.24. The summed E-state index contributed by atoms with van der Waals surface area (Å²) in [7, 11) is 2.18. The number of nitrogens with zero attached hydrogens (tertiary/aromatic N) is 1. The molecule has 5 heteroatoms. The van der Waals surface area contributed by atoms with Gasteiger partial charge in [-0.25, -0.2) is 0 Å². The van der Waals surface area contributed by atoms with E-state index in [0.717, 1.165) is 49.2 Å². The lowest BCUT2D eigenvalue weighted by molar-refractivity contribution is -0.919. The van der Waals surface area contributed by atoms with E-state index in [4.69, 9.17) is 14.2 Å². The van der Waals surface area contributed by atoms with E-state index in [-0.39, 0.29) is 0 Å². The highest BCUT2D eigenvalue weighted by Crippen LogP contribution is 2.45. The fourth-order valence-corrected chi connectivity index (χ4v) is 4.40. The number of ether oxygens (including phenoxy) is 3. The summed E-state index contributed by atoms with van der Waals surface area (Å²) >= 11 is 0. The number of likely N-dealkylation sites (N-methyl/N-ethyl adjacent to an activating group) is 1. The molecule has 3 aliphatic rings. The van der Waals surface area contributed by atoms with Gasteiger partial charge in [0.15, 0.2) is 0 Å².